The predicted octanol–water partition coefficient (Wildman–Crippen LogP) is 1.30. The summed E-state index contributed by atoms with van der Waals surface area (Å²) in [5.41, 5.74) is 0.626. The number of nitrogens with zero attached hydrogens (tertiary/aromatic N) is 4. The Morgan fingerprint density at radius 3 is 2.73 bits per heavy atom. The van der Waals surface area contributed by atoms with Gasteiger partial charge in [-0.05, 0) is 19.1 Å². The number of carbonyl (C=O) groups is 2. The summed E-state index contributed by atoms with van der Waals surface area (Å²) >= 11 is 6.37. The smallest absolute Gasteiger partial charge is 0.338 e. The second-order valence-electron chi connectivity index (χ2n) is 8.58. The van der Waals surface area contributed by atoms with Gasteiger partial charge in [0.05, 0.1) is 23.7 Å². The highest BCUT2D eigenvalue weighted by atomic mass is 35.5. The summed E-state index contributed by atoms with van der Waals surface area (Å²) in [5, 5.41) is 12.9. The van der Waals surface area contributed by atoms with Crippen LogP contribution in [-0.4, -0.2) is 83.0 Å². The van der Waals surface area contributed by atoms with E-state index in [1.807, 2.05) is 0 Å². The van der Waals surface area contributed by atoms with Crippen molar-refractivity contribution in [2.75, 3.05) is 31.2 Å². The molecule has 0 saturated carbocycles. The summed E-state index contributed by atoms with van der Waals surface area (Å²) < 4.78 is 45.1. The van der Waals surface area contributed by atoms with Gasteiger partial charge in [0.15, 0.2) is 21.5 Å². The lowest BCUT2D eigenvalue weighted by molar-refractivity contribution is -0.142. The Hall–Kier alpha value is -3.29. The van der Waals surface area contributed by atoms with Crippen molar-refractivity contribution in [2.24, 2.45) is 12.0 Å². The first-order chi connectivity index (χ1) is 17.5. The number of aliphatic carboxylic acids is 1. The number of amidine groups is 1. The van der Waals surface area contributed by atoms with Crippen molar-refractivity contribution in [3.8, 4) is 0 Å². The number of aromatic nitrogens is 2. The minimum atomic E-state index is -3.55. The molecule has 2 aromatic rings. The van der Waals surface area contributed by atoms with Crippen LogP contribution in [0.15, 0.2) is 46.9 Å². The van der Waals surface area contributed by atoms with Gasteiger partial charge >= 0.3 is 11.9 Å². The molecule has 4 rings (SSSR count). The number of esters is 1. The minimum absolute atomic E-state index is 0.0310. The lowest BCUT2D eigenvalue weighted by Crippen LogP contribution is -2.54. The predicted molar refractivity (Wildman–Crippen MR) is 132 cm³/mol. The molecule has 14 heteroatoms. The number of hydrogen-bond acceptors (Lipinski definition) is 9. The number of aryl methyl sites for hydroxylation is 1. The van der Waals surface area contributed by atoms with Crippen LogP contribution >= 0.6 is 11.6 Å². The van der Waals surface area contributed by atoms with E-state index in [0.29, 0.717) is 11.4 Å². The largest absolute Gasteiger partial charge is 0.480 e. The van der Waals surface area contributed by atoms with Gasteiger partial charge in [0.25, 0.3) is 0 Å². The van der Waals surface area contributed by atoms with Gasteiger partial charge in [0.1, 0.15) is 17.9 Å². The van der Waals surface area contributed by atoms with Crippen LogP contribution in [0.25, 0.3) is 0 Å². The number of hydrogen-bond donors (Lipinski definition) is 2. The van der Waals surface area contributed by atoms with Gasteiger partial charge in [0.2, 0.25) is 0 Å². The van der Waals surface area contributed by atoms with Gasteiger partial charge in [-0.2, -0.15) is 0 Å². The van der Waals surface area contributed by atoms with Crippen LogP contribution in [0.4, 0.5) is 4.39 Å². The van der Waals surface area contributed by atoms with Gasteiger partial charge in [-0.25, -0.2) is 22.6 Å². The van der Waals surface area contributed by atoms with E-state index in [1.54, 1.807) is 30.9 Å². The van der Waals surface area contributed by atoms with Crippen molar-refractivity contribution < 1.29 is 32.2 Å². The van der Waals surface area contributed by atoms with E-state index in [1.165, 1.54) is 17.0 Å². The number of ether oxygens (including phenoxy) is 1. The van der Waals surface area contributed by atoms with Crippen LogP contribution in [0.5, 0.6) is 0 Å². The number of carbonyl (C=O) groups excluding carboxylic acids is 1. The monoisotopic (exact) mass is 553 g/mol. The zero-order valence-electron chi connectivity index (χ0n) is 20.0. The molecule has 0 radical (unpaired) electrons. The molecule has 11 nitrogen and oxygen atoms in total. The third kappa shape index (κ3) is 5.68. The van der Waals surface area contributed by atoms with Crippen molar-refractivity contribution in [3.05, 3.63) is 64.1 Å². The number of carboxylic acid groups (broad SMARTS) is 1. The van der Waals surface area contributed by atoms with Gasteiger partial charge in [-0.15, -0.1) is 0 Å². The maximum absolute atomic E-state index is 13.9. The lowest BCUT2D eigenvalue weighted by atomic mass is 9.95. The molecule has 0 spiro atoms. The van der Waals surface area contributed by atoms with Crippen molar-refractivity contribution >= 4 is 39.2 Å². The summed E-state index contributed by atoms with van der Waals surface area (Å²) in [6, 6.07) is 1.36. The molecule has 1 saturated heterocycles. The number of aliphatic imine (C=N–C) groups is 1. The minimum Gasteiger partial charge on any atom is -0.480 e. The summed E-state index contributed by atoms with van der Waals surface area (Å²) in [4.78, 5) is 35.6. The Morgan fingerprint density at radius 1 is 1.35 bits per heavy atom. The normalized spacial score (nSPS) is 21.8. The van der Waals surface area contributed by atoms with Crippen molar-refractivity contribution in [1.82, 2.24) is 19.8 Å². The summed E-state index contributed by atoms with van der Waals surface area (Å²) in [6.07, 6.45) is 3.25. The average molecular weight is 554 g/mol. The van der Waals surface area contributed by atoms with E-state index < -0.39 is 45.4 Å². The fourth-order valence-electron chi connectivity index (χ4n) is 4.29. The molecule has 2 unspecified atom stereocenters. The summed E-state index contributed by atoms with van der Waals surface area (Å²) in [7, 11) is -1.80. The summed E-state index contributed by atoms with van der Waals surface area (Å²) in [6.45, 7) is 1.50. The molecule has 1 aromatic carbocycles. The van der Waals surface area contributed by atoms with Crippen LogP contribution < -0.4 is 5.32 Å². The number of benzene rings is 1. The molecule has 2 N–H and O–H groups in total. The van der Waals surface area contributed by atoms with Crippen LogP contribution in [0, 0.1) is 5.82 Å². The van der Waals surface area contributed by atoms with E-state index >= 15 is 0 Å². The fourth-order valence-corrected chi connectivity index (χ4v) is 6.07. The Labute approximate surface area is 217 Å². The van der Waals surface area contributed by atoms with Crippen LogP contribution in [-0.2, 0) is 31.2 Å². The van der Waals surface area contributed by atoms with Gasteiger partial charge in [-0.3, -0.25) is 14.7 Å². The highest BCUT2D eigenvalue weighted by Gasteiger charge is 2.40. The molecule has 3 heterocycles. The molecule has 198 valence electrons. The number of imidazole rings is 1. The van der Waals surface area contributed by atoms with E-state index in [2.05, 4.69) is 15.3 Å². The molecule has 0 bridgehead atoms. The Morgan fingerprint density at radius 2 is 2.11 bits per heavy atom. The molecular formula is C23H25ClFN5O6S. The highest BCUT2D eigenvalue weighted by Crippen LogP contribution is 2.37. The molecule has 2 aliphatic rings. The maximum atomic E-state index is 13.9. The number of halogens is 2. The van der Waals surface area contributed by atoms with E-state index in [4.69, 9.17) is 16.3 Å². The first-order valence-electron chi connectivity index (χ1n) is 11.4. The van der Waals surface area contributed by atoms with Gasteiger partial charge in [0, 0.05) is 48.8 Å². The molecular weight excluding hydrogens is 529 g/mol. The molecule has 0 aliphatic carbocycles. The van der Waals surface area contributed by atoms with Crippen molar-refractivity contribution in [2.45, 2.75) is 19.0 Å². The van der Waals surface area contributed by atoms with E-state index in [-0.39, 0.29) is 47.6 Å². The van der Waals surface area contributed by atoms with Crippen LogP contribution in [0.2, 0.25) is 5.02 Å². The third-order valence-electron chi connectivity index (χ3n) is 6.10. The fraction of sp³-hybridized carbons (Fsp3) is 0.391. The Balaban J connectivity index is 1.86. The standard InChI is InChI=1S/C23H25ClFN5O6S/c1-3-36-23(33)18-16(11-30-8-9-37(34,35)12-17(30)22(31)32)27-20(21-26-6-7-29(21)2)28-19(18)14-5-4-13(25)10-15(14)24/h4-7,10,17,19H,3,8-9,11-12H2,1-2H3,(H,27,28)(H,31,32). The molecule has 37 heavy (non-hydrogen) atoms. The second kappa shape index (κ2) is 10.6. The Bertz CT molecular complexity index is 1410. The molecule has 1 fully saturated rings. The Kier molecular flexibility index (Phi) is 7.67. The maximum Gasteiger partial charge on any atom is 0.338 e. The molecule has 1 aromatic heterocycles. The zero-order chi connectivity index (χ0) is 26.9. The molecule has 0 amide bonds. The third-order valence-corrected chi connectivity index (χ3v) is 8.06. The van der Waals surface area contributed by atoms with Crippen LogP contribution in [0.1, 0.15) is 24.4 Å². The second-order valence-corrected chi connectivity index (χ2v) is 11.2. The number of carboxylic acids is 1. The van der Waals surface area contributed by atoms with Crippen molar-refractivity contribution in [1.29, 1.82) is 0 Å². The first-order valence-corrected chi connectivity index (χ1v) is 13.6. The molecule has 2 atom stereocenters. The highest BCUT2D eigenvalue weighted by molar-refractivity contribution is 7.91. The van der Waals surface area contributed by atoms with Crippen molar-refractivity contribution in [3.63, 3.8) is 0 Å². The lowest BCUT2D eigenvalue weighted by Gasteiger charge is -2.35. The van der Waals surface area contributed by atoms with Gasteiger partial charge < -0.3 is 19.7 Å². The summed E-state index contributed by atoms with van der Waals surface area (Å²) in [5.74, 6) is -2.71. The van der Waals surface area contributed by atoms with E-state index in [9.17, 15) is 27.5 Å². The average Bonchev–Trinajstić information content (AvgIpc) is 3.25. The topological polar surface area (TPSA) is 143 Å². The molecule has 2 aliphatic heterocycles. The van der Waals surface area contributed by atoms with E-state index in [0.717, 1.165) is 6.07 Å². The SMILES string of the molecule is CCOC(=O)C1=C(CN2CCS(=O)(=O)CC2C(=O)O)NC(c2nccn2C)=NC1c1ccc(F)cc1Cl. The number of nitrogens with one attached hydrogen (secondary N) is 1. The number of rotatable bonds is 7. The van der Waals surface area contributed by atoms with Crippen LogP contribution in [0.3, 0.4) is 0 Å². The first kappa shape index (κ1) is 26.8. The zero-order valence-corrected chi connectivity index (χ0v) is 21.6. The van der Waals surface area contributed by atoms with Gasteiger partial charge in [-0.1, -0.05) is 17.7 Å². The quantitative estimate of drug-likeness (QED) is 0.485. The number of sulfone groups is 1.